The summed E-state index contributed by atoms with van der Waals surface area (Å²) in [6, 6.07) is 0.616. The molecule has 1 amide bonds. The van der Waals surface area contributed by atoms with Crippen LogP contribution >= 0.6 is 0 Å². The number of hydrogen-bond acceptors (Lipinski definition) is 2. The lowest BCUT2D eigenvalue weighted by molar-refractivity contribution is -0.135. The van der Waals surface area contributed by atoms with Gasteiger partial charge in [0.2, 0.25) is 5.91 Å². The number of rotatable bonds is 4. The molecule has 3 heteroatoms. The zero-order chi connectivity index (χ0) is 12.4. The summed E-state index contributed by atoms with van der Waals surface area (Å²) in [5.41, 5.74) is 0. The summed E-state index contributed by atoms with van der Waals surface area (Å²) < 4.78 is 0. The number of carbonyl (C=O) groups excluding carboxylic acids is 1. The number of hydrogen-bond donors (Lipinski definition) is 1. The Morgan fingerprint density at radius 1 is 1.41 bits per heavy atom. The second-order valence-corrected chi connectivity index (χ2v) is 5.72. The van der Waals surface area contributed by atoms with Gasteiger partial charge in [-0.1, -0.05) is 27.2 Å². The number of carbonyl (C=O) groups is 1. The number of piperidine rings is 1. The molecule has 98 valence electrons. The smallest absolute Gasteiger partial charge is 0.225 e. The van der Waals surface area contributed by atoms with Crippen molar-refractivity contribution in [3.05, 3.63) is 0 Å². The first-order valence-electron chi connectivity index (χ1n) is 7.19. The highest BCUT2D eigenvalue weighted by Crippen LogP contribution is 2.40. The second-order valence-electron chi connectivity index (χ2n) is 5.72. The van der Waals surface area contributed by atoms with Crippen molar-refractivity contribution in [3.8, 4) is 0 Å². The zero-order valence-electron chi connectivity index (χ0n) is 11.4. The maximum Gasteiger partial charge on any atom is 0.225 e. The minimum atomic E-state index is 0.350. The Kier molecular flexibility index (Phi) is 4.08. The van der Waals surface area contributed by atoms with Crippen LogP contribution in [0, 0.1) is 17.8 Å². The number of amides is 1. The van der Waals surface area contributed by atoms with E-state index in [1.54, 1.807) is 0 Å². The van der Waals surface area contributed by atoms with Gasteiger partial charge in [-0.05, 0) is 31.2 Å². The molecular formula is C14H26N2O. The maximum atomic E-state index is 12.2. The Labute approximate surface area is 105 Å². The van der Waals surface area contributed by atoms with E-state index in [4.69, 9.17) is 0 Å². The molecule has 4 atom stereocenters. The van der Waals surface area contributed by atoms with Gasteiger partial charge in [0.15, 0.2) is 0 Å². The topological polar surface area (TPSA) is 32.3 Å². The van der Waals surface area contributed by atoms with Gasteiger partial charge < -0.3 is 10.2 Å². The molecule has 3 nitrogen and oxygen atoms in total. The summed E-state index contributed by atoms with van der Waals surface area (Å²) in [6.07, 6.45) is 3.41. The molecular weight excluding hydrogens is 212 g/mol. The molecule has 0 aromatic heterocycles. The van der Waals surface area contributed by atoms with E-state index >= 15 is 0 Å². The first kappa shape index (κ1) is 12.9. The van der Waals surface area contributed by atoms with E-state index in [0.29, 0.717) is 29.7 Å². The summed E-state index contributed by atoms with van der Waals surface area (Å²) in [4.78, 5) is 14.3. The molecule has 0 bridgehead atoms. The van der Waals surface area contributed by atoms with Gasteiger partial charge in [-0.2, -0.15) is 0 Å². The molecule has 1 heterocycles. The lowest BCUT2D eigenvalue weighted by atomic mass is 9.89. The highest BCUT2D eigenvalue weighted by molar-refractivity contribution is 5.81. The Bertz CT molecular complexity index is 279. The van der Waals surface area contributed by atoms with E-state index < -0.39 is 0 Å². The van der Waals surface area contributed by atoms with Crippen LogP contribution in [0.3, 0.4) is 0 Å². The highest BCUT2D eigenvalue weighted by atomic mass is 16.2. The van der Waals surface area contributed by atoms with Gasteiger partial charge in [-0.15, -0.1) is 0 Å². The van der Waals surface area contributed by atoms with Crippen LogP contribution in [0.25, 0.3) is 0 Å². The summed E-state index contributed by atoms with van der Waals surface area (Å²) in [5, 5.41) is 3.56. The normalized spacial score (nSPS) is 37.0. The Hall–Kier alpha value is -0.570. The second kappa shape index (κ2) is 5.38. The van der Waals surface area contributed by atoms with Gasteiger partial charge in [0.1, 0.15) is 0 Å². The number of nitrogens with one attached hydrogen (secondary N) is 1. The third-order valence-electron chi connectivity index (χ3n) is 4.46. The Morgan fingerprint density at radius 3 is 2.65 bits per heavy atom. The molecule has 2 fully saturated rings. The maximum absolute atomic E-state index is 12.2. The molecule has 1 N–H and O–H groups in total. The molecule has 0 spiro atoms. The predicted octanol–water partition coefficient (Wildman–Crippen LogP) is 1.88. The van der Waals surface area contributed by atoms with Gasteiger partial charge in [0, 0.05) is 25.0 Å². The summed E-state index contributed by atoms with van der Waals surface area (Å²) in [7, 11) is 0. The number of nitrogens with zero attached hydrogens (tertiary/aromatic N) is 1. The van der Waals surface area contributed by atoms with Crippen LogP contribution in [-0.2, 0) is 4.79 Å². The third kappa shape index (κ3) is 2.82. The Morgan fingerprint density at radius 2 is 2.12 bits per heavy atom. The van der Waals surface area contributed by atoms with Crippen molar-refractivity contribution < 1.29 is 4.79 Å². The quantitative estimate of drug-likeness (QED) is 0.811. The van der Waals surface area contributed by atoms with Gasteiger partial charge in [-0.25, -0.2) is 0 Å². The van der Waals surface area contributed by atoms with E-state index in [9.17, 15) is 4.79 Å². The average molecular weight is 238 g/mol. The van der Waals surface area contributed by atoms with Crippen molar-refractivity contribution in [2.45, 2.75) is 46.1 Å². The van der Waals surface area contributed by atoms with E-state index in [1.807, 2.05) is 0 Å². The van der Waals surface area contributed by atoms with E-state index in [-0.39, 0.29) is 0 Å². The van der Waals surface area contributed by atoms with E-state index in [2.05, 4.69) is 31.0 Å². The van der Waals surface area contributed by atoms with Gasteiger partial charge in [0.05, 0.1) is 0 Å². The van der Waals surface area contributed by atoms with Gasteiger partial charge in [-0.3, -0.25) is 4.79 Å². The van der Waals surface area contributed by atoms with Crippen molar-refractivity contribution >= 4 is 5.91 Å². The molecule has 17 heavy (non-hydrogen) atoms. The molecule has 4 unspecified atom stereocenters. The fraction of sp³-hybridized carbons (Fsp3) is 0.929. The lowest BCUT2D eigenvalue weighted by Gasteiger charge is -2.39. The van der Waals surface area contributed by atoms with Gasteiger partial charge >= 0.3 is 0 Å². The summed E-state index contributed by atoms with van der Waals surface area (Å²) in [5.74, 6) is 2.05. The monoisotopic (exact) mass is 238 g/mol. The minimum Gasteiger partial charge on any atom is -0.342 e. The van der Waals surface area contributed by atoms with Crippen LogP contribution in [0.1, 0.15) is 40.0 Å². The molecule has 1 saturated heterocycles. The fourth-order valence-corrected chi connectivity index (χ4v) is 3.08. The summed E-state index contributed by atoms with van der Waals surface area (Å²) >= 11 is 0. The molecule has 1 aliphatic carbocycles. The van der Waals surface area contributed by atoms with Crippen LogP contribution in [-0.4, -0.2) is 36.5 Å². The van der Waals surface area contributed by atoms with Crippen molar-refractivity contribution in [1.29, 1.82) is 0 Å². The fourth-order valence-electron chi connectivity index (χ4n) is 3.08. The lowest BCUT2D eigenvalue weighted by Crippen LogP contribution is -2.51. The molecule has 0 aromatic carbocycles. The first-order chi connectivity index (χ1) is 8.17. The van der Waals surface area contributed by atoms with E-state index in [0.717, 1.165) is 32.5 Å². The largest absolute Gasteiger partial charge is 0.342 e. The molecule has 0 aromatic rings. The van der Waals surface area contributed by atoms with Crippen molar-refractivity contribution in [1.82, 2.24) is 10.2 Å². The molecule has 2 aliphatic rings. The SMILES string of the molecule is CCNC1CCN(C(=O)C2CC2C)CC1CC. The minimum absolute atomic E-state index is 0.350. The average Bonchev–Trinajstić information content (AvgIpc) is 3.06. The van der Waals surface area contributed by atoms with Crippen molar-refractivity contribution in [3.63, 3.8) is 0 Å². The standard InChI is InChI=1S/C14H26N2O/c1-4-11-9-16(7-6-13(11)15-5-2)14(17)12-8-10(12)3/h10-13,15H,4-9H2,1-3H3. The van der Waals surface area contributed by atoms with Crippen LogP contribution in [0.2, 0.25) is 0 Å². The molecule has 1 aliphatic heterocycles. The summed E-state index contributed by atoms with van der Waals surface area (Å²) in [6.45, 7) is 9.55. The highest BCUT2D eigenvalue weighted by Gasteiger charge is 2.43. The van der Waals surface area contributed by atoms with Gasteiger partial charge in [0.25, 0.3) is 0 Å². The third-order valence-corrected chi connectivity index (χ3v) is 4.46. The van der Waals surface area contributed by atoms with Crippen molar-refractivity contribution in [2.24, 2.45) is 17.8 Å². The van der Waals surface area contributed by atoms with Crippen LogP contribution in [0.4, 0.5) is 0 Å². The van der Waals surface area contributed by atoms with Crippen LogP contribution in [0.5, 0.6) is 0 Å². The molecule has 1 saturated carbocycles. The molecule has 0 radical (unpaired) electrons. The van der Waals surface area contributed by atoms with E-state index in [1.165, 1.54) is 6.42 Å². The first-order valence-corrected chi connectivity index (χ1v) is 7.19. The Balaban J connectivity index is 1.89. The van der Waals surface area contributed by atoms with Crippen LogP contribution in [0.15, 0.2) is 0 Å². The van der Waals surface area contributed by atoms with Crippen LogP contribution < -0.4 is 5.32 Å². The zero-order valence-corrected chi connectivity index (χ0v) is 11.4. The predicted molar refractivity (Wildman–Crippen MR) is 69.7 cm³/mol. The van der Waals surface area contributed by atoms with Crippen molar-refractivity contribution in [2.75, 3.05) is 19.6 Å². The molecule has 2 rings (SSSR count). The number of likely N-dealkylation sites (tertiary alicyclic amines) is 1.